The van der Waals surface area contributed by atoms with Crippen molar-refractivity contribution in [2.45, 2.75) is 96.3 Å². The van der Waals surface area contributed by atoms with Gasteiger partial charge in [0.1, 0.15) is 11.6 Å². The van der Waals surface area contributed by atoms with Crippen LogP contribution in [0.15, 0.2) is 11.6 Å². The normalized spacial score (nSPS) is 25.8. The fraction of sp³-hybridized carbons (Fsp3) is 0.680. The van der Waals surface area contributed by atoms with Gasteiger partial charge in [-0.25, -0.2) is 9.97 Å². The van der Waals surface area contributed by atoms with E-state index in [9.17, 15) is 9.59 Å². The zero-order valence-corrected chi connectivity index (χ0v) is 20.8. The van der Waals surface area contributed by atoms with Crippen molar-refractivity contribution in [1.82, 2.24) is 24.3 Å². The van der Waals surface area contributed by atoms with Gasteiger partial charge < -0.3 is 14.3 Å². The van der Waals surface area contributed by atoms with E-state index in [0.717, 1.165) is 42.5 Å². The van der Waals surface area contributed by atoms with Crippen molar-refractivity contribution in [2.75, 3.05) is 13.1 Å². The third kappa shape index (κ3) is 4.52. The predicted octanol–water partition coefficient (Wildman–Crippen LogP) is 3.87. The van der Waals surface area contributed by atoms with E-state index < -0.39 is 0 Å². The molecule has 2 aromatic rings. The van der Waals surface area contributed by atoms with Gasteiger partial charge in [0, 0.05) is 67.6 Å². The molecule has 0 aliphatic carbocycles. The molecule has 1 amide bonds. The second-order valence-electron chi connectivity index (χ2n) is 10.1. The zero-order valence-electron chi connectivity index (χ0n) is 20.0. The van der Waals surface area contributed by atoms with Crippen LogP contribution in [0.2, 0.25) is 0 Å². The Balaban J connectivity index is 1.27. The largest absolute Gasteiger partial charge is 0.337 e. The molecule has 0 saturated carbocycles. The molecule has 2 fully saturated rings. The van der Waals surface area contributed by atoms with Crippen molar-refractivity contribution >= 4 is 23.0 Å². The molecule has 8 heteroatoms. The summed E-state index contributed by atoms with van der Waals surface area (Å²) in [4.78, 5) is 37.7. The van der Waals surface area contributed by atoms with Crippen LogP contribution in [0.3, 0.4) is 0 Å². The molecule has 178 valence electrons. The first-order valence-corrected chi connectivity index (χ1v) is 13.2. The van der Waals surface area contributed by atoms with E-state index in [1.807, 2.05) is 16.5 Å². The number of rotatable bonds is 7. The van der Waals surface area contributed by atoms with Crippen LogP contribution in [-0.2, 0) is 22.6 Å². The van der Waals surface area contributed by atoms with Crippen molar-refractivity contribution in [2.24, 2.45) is 0 Å². The summed E-state index contributed by atoms with van der Waals surface area (Å²) in [5.41, 5.74) is 2.45. The SMILES string of the molecule is CC(=O)C[C@@H](CCN1C2CCC1CC(n1c(C)nc3c1CCN(C(C)=O)C3)C2)c1nccs1. The average Bonchev–Trinajstić information content (AvgIpc) is 3.46. The Morgan fingerprint density at radius 3 is 2.58 bits per heavy atom. The Morgan fingerprint density at radius 1 is 1.18 bits per heavy atom. The highest BCUT2D eigenvalue weighted by atomic mass is 32.1. The van der Waals surface area contributed by atoms with E-state index in [2.05, 4.69) is 21.4 Å². The molecule has 2 saturated heterocycles. The second kappa shape index (κ2) is 9.29. The molecule has 2 aromatic heterocycles. The third-order valence-electron chi connectivity index (χ3n) is 7.97. The number of hydrogen-bond donors (Lipinski definition) is 0. The molecule has 2 unspecified atom stereocenters. The van der Waals surface area contributed by atoms with E-state index >= 15 is 0 Å². The van der Waals surface area contributed by atoms with Crippen molar-refractivity contribution in [3.63, 3.8) is 0 Å². The minimum Gasteiger partial charge on any atom is -0.337 e. The van der Waals surface area contributed by atoms with Crippen LogP contribution >= 0.6 is 11.3 Å². The second-order valence-corrected chi connectivity index (χ2v) is 11.0. The number of hydrogen-bond acceptors (Lipinski definition) is 6. The molecule has 0 N–H and O–H groups in total. The van der Waals surface area contributed by atoms with Gasteiger partial charge in [-0.15, -0.1) is 11.3 Å². The lowest BCUT2D eigenvalue weighted by Gasteiger charge is -2.41. The highest BCUT2D eigenvalue weighted by Crippen LogP contribution is 2.43. The van der Waals surface area contributed by atoms with Gasteiger partial charge in [0.2, 0.25) is 5.91 Å². The number of Topliss-reactive ketones (excluding diaryl/α,β-unsaturated/α-hetero) is 1. The van der Waals surface area contributed by atoms with Gasteiger partial charge >= 0.3 is 0 Å². The van der Waals surface area contributed by atoms with Crippen molar-refractivity contribution < 1.29 is 9.59 Å². The summed E-state index contributed by atoms with van der Waals surface area (Å²) in [7, 11) is 0. The van der Waals surface area contributed by atoms with E-state index in [1.54, 1.807) is 25.2 Å². The van der Waals surface area contributed by atoms with Crippen LogP contribution < -0.4 is 0 Å². The third-order valence-corrected chi connectivity index (χ3v) is 8.91. The summed E-state index contributed by atoms with van der Waals surface area (Å²) >= 11 is 1.68. The molecule has 3 aliphatic rings. The number of ketones is 1. The molecule has 2 bridgehead atoms. The van der Waals surface area contributed by atoms with Crippen molar-refractivity contribution in [3.8, 4) is 0 Å². The molecule has 5 heterocycles. The van der Waals surface area contributed by atoms with Crippen LogP contribution in [0.4, 0.5) is 0 Å². The van der Waals surface area contributed by atoms with Gasteiger partial charge in [-0.05, 0) is 52.5 Å². The fourth-order valence-corrected chi connectivity index (χ4v) is 7.29. The van der Waals surface area contributed by atoms with E-state index in [1.165, 1.54) is 31.4 Å². The molecule has 0 radical (unpaired) electrons. The van der Waals surface area contributed by atoms with Gasteiger partial charge in [-0.2, -0.15) is 0 Å². The number of aryl methyl sites for hydroxylation is 1. The number of carbonyl (C=O) groups excluding carboxylic acids is 2. The monoisotopic (exact) mass is 469 g/mol. The topological polar surface area (TPSA) is 71.3 Å². The Hall–Kier alpha value is -2.06. The molecule has 33 heavy (non-hydrogen) atoms. The average molecular weight is 470 g/mol. The van der Waals surface area contributed by atoms with Crippen LogP contribution in [0.25, 0.3) is 0 Å². The molecule has 0 aromatic carbocycles. The van der Waals surface area contributed by atoms with E-state index in [0.29, 0.717) is 31.1 Å². The number of thiazole rings is 1. The number of fused-ring (bicyclic) bond motifs is 3. The first kappa shape index (κ1) is 22.7. The maximum absolute atomic E-state index is 11.9. The first-order chi connectivity index (χ1) is 15.9. The van der Waals surface area contributed by atoms with Gasteiger partial charge in [-0.3, -0.25) is 9.69 Å². The predicted molar refractivity (Wildman–Crippen MR) is 128 cm³/mol. The Kier molecular flexibility index (Phi) is 6.40. The maximum Gasteiger partial charge on any atom is 0.219 e. The van der Waals surface area contributed by atoms with Gasteiger partial charge in [0.15, 0.2) is 0 Å². The highest BCUT2D eigenvalue weighted by Gasteiger charge is 2.42. The van der Waals surface area contributed by atoms with Crippen LogP contribution in [0, 0.1) is 6.92 Å². The fourth-order valence-electron chi connectivity index (χ4n) is 6.52. The lowest BCUT2D eigenvalue weighted by Crippen LogP contribution is -2.44. The standard InChI is InChI=1S/C25H35N5O2S/c1-16(31)12-19(25-26-8-11-33-25)6-10-29-20-4-5-21(29)14-22(13-20)30-17(2)27-23-15-28(18(3)32)9-7-24(23)30/h8,11,19-22H,4-7,9-10,12-15H2,1-3H3/t19-,20?,21?,22?/m1/s1. The lowest BCUT2D eigenvalue weighted by atomic mass is 9.94. The highest BCUT2D eigenvalue weighted by molar-refractivity contribution is 7.09. The van der Waals surface area contributed by atoms with Crippen molar-refractivity contribution in [3.05, 3.63) is 33.8 Å². The van der Waals surface area contributed by atoms with Gasteiger partial charge in [0.05, 0.1) is 17.2 Å². The molecular weight excluding hydrogens is 434 g/mol. The summed E-state index contributed by atoms with van der Waals surface area (Å²) in [6.07, 6.45) is 9.24. The van der Waals surface area contributed by atoms with Crippen LogP contribution in [0.5, 0.6) is 0 Å². The summed E-state index contributed by atoms with van der Waals surface area (Å²) < 4.78 is 2.52. The van der Waals surface area contributed by atoms with Crippen LogP contribution in [0.1, 0.15) is 86.6 Å². The van der Waals surface area contributed by atoms with E-state index in [4.69, 9.17) is 4.98 Å². The molecule has 0 spiro atoms. The summed E-state index contributed by atoms with van der Waals surface area (Å²) in [6.45, 7) is 7.97. The van der Waals surface area contributed by atoms with Crippen molar-refractivity contribution in [1.29, 1.82) is 0 Å². The minimum absolute atomic E-state index is 0.139. The van der Waals surface area contributed by atoms with E-state index in [-0.39, 0.29) is 17.6 Å². The maximum atomic E-state index is 11.9. The molecule has 5 rings (SSSR count). The van der Waals surface area contributed by atoms with Gasteiger partial charge in [0.25, 0.3) is 0 Å². The molecule has 3 aliphatic heterocycles. The molecular formula is C25H35N5O2S. The quantitative estimate of drug-likeness (QED) is 0.616. The molecule has 7 nitrogen and oxygen atoms in total. The Bertz CT molecular complexity index is 1000. The summed E-state index contributed by atoms with van der Waals surface area (Å²) in [6, 6.07) is 1.72. The zero-order chi connectivity index (χ0) is 23.1. The first-order valence-electron chi connectivity index (χ1n) is 12.4. The number of piperidine rings is 1. The number of aromatic nitrogens is 3. The minimum atomic E-state index is 0.139. The van der Waals surface area contributed by atoms with Gasteiger partial charge in [-0.1, -0.05) is 0 Å². The molecule has 3 atom stereocenters. The smallest absolute Gasteiger partial charge is 0.219 e. The summed E-state index contributed by atoms with van der Waals surface area (Å²) in [5.74, 6) is 1.74. The lowest BCUT2D eigenvalue weighted by molar-refractivity contribution is -0.129. The Morgan fingerprint density at radius 2 is 1.94 bits per heavy atom. The number of carbonyl (C=O) groups is 2. The number of amides is 1. The number of imidazole rings is 1. The summed E-state index contributed by atoms with van der Waals surface area (Å²) in [5, 5.41) is 3.12. The Labute approximate surface area is 200 Å². The number of nitrogens with zero attached hydrogens (tertiary/aromatic N) is 5. The van der Waals surface area contributed by atoms with Crippen LogP contribution in [-0.4, -0.2) is 61.2 Å².